The molecule has 23 heavy (non-hydrogen) atoms. The van der Waals surface area contributed by atoms with E-state index in [1.54, 1.807) is 25.1 Å². The van der Waals surface area contributed by atoms with Gasteiger partial charge in [-0.15, -0.1) is 0 Å². The van der Waals surface area contributed by atoms with E-state index in [1.807, 2.05) is 0 Å². The SMILES string of the molecule is CC[C@H]1OC(OS(C)(=O)=O)C(F)(F)C1OC(=O)c1ccccc1. The topological polar surface area (TPSA) is 78.9 Å². The zero-order chi connectivity index (χ0) is 17.3. The van der Waals surface area contributed by atoms with Gasteiger partial charge in [0.15, 0.2) is 6.10 Å². The number of esters is 1. The largest absolute Gasteiger partial charge is 0.449 e. The Morgan fingerprint density at radius 3 is 2.43 bits per heavy atom. The molecule has 0 saturated carbocycles. The van der Waals surface area contributed by atoms with Crippen LogP contribution in [0.2, 0.25) is 0 Å². The van der Waals surface area contributed by atoms with Gasteiger partial charge in [0.25, 0.3) is 10.1 Å². The van der Waals surface area contributed by atoms with Crippen molar-refractivity contribution in [1.29, 1.82) is 0 Å². The summed E-state index contributed by atoms with van der Waals surface area (Å²) in [5, 5.41) is 0. The van der Waals surface area contributed by atoms with Gasteiger partial charge < -0.3 is 9.47 Å². The number of halogens is 2. The Bertz CT molecular complexity index is 661. The summed E-state index contributed by atoms with van der Waals surface area (Å²) in [6.07, 6.45) is -4.71. The highest BCUT2D eigenvalue weighted by molar-refractivity contribution is 7.86. The van der Waals surface area contributed by atoms with Crippen LogP contribution in [0.1, 0.15) is 23.7 Å². The van der Waals surface area contributed by atoms with Crippen LogP contribution in [0, 0.1) is 0 Å². The zero-order valence-electron chi connectivity index (χ0n) is 12.4. The molecule has 1 heterocycles. The molecule has 3 atom stereocenters. The van der Waals surface area contributed by atoms with Crippen LogP contribution in [-0.2, 0) is 23.8 Å². The van der Waals surface area contributed by atoms with Crippen LogP contribution in [0.5, 0.6) is 0 Å². The fourth-order valence-electron chi connectivity index (χ4n) is 2.17. The molecule has 0 bridgehead atoms. The fourth-order valence-corrected chi connectivity index (χ4v) is 2.66. The lowest BCUT2D eigenvalue weighted by atomic mass is 10.1. The first kappa shape index (κ1) is 17.8. The molecule has 1 fully saturated rings. The van der Waals surface area contributed by atoms with E-state index < -0.39 is 40.5 Å². The minimum atomic E-state index is -4.16. The van der Waals surface area contributed by atoms with E-state index in [1.165, 1.54) is 12.1 Å². The van der Waals surface area contributed by atoms with E-state index in [-0.39, 0.29) is 12.0 Å². The van der Waals surface area contributed by atoms with Crippen molar-refractivity contribution >= 4 is 16.1 Å². The molecule has 0 aliphatic carbocycles. The zero-order valence-corrected chi connectivity index (χ0v) is 13.3. The van der Waals surface area contributed by atoms with Gasteiger partial charge in [0.05, 0.1) is 11.8 Å². The first-order chi connectivity index (χ1) is 10.6. The lowest BCUT2D eigenvalue weighted by Gasteiger charge is -2.22. The minimum Gasteiger partial charge on any atom is -0.449 e. The van der Waals surface area contributed by atoms with Crippen molar-refractivity contribution in [3.63, 3.8) is 0 Å². The van der Waals surface area contributed by atoms with Gasteiger partial charge in [0, 0.05) is 0 Å². The molecule has 1 aromatic rings. The second-order valence-corrected chi connectivity index (χ2v) is 6.68. The van der Waals surface area contributed by atoms with E-state index >= 15 is 0 Å². The maximum absolute atomic E-state index is 14.3. The van der Waals surface area contributed by atoms with Crippen molar-refractivity contribution in [2.45, 2.75) is 37.8 Å². The Kier molecular flexibility index (Phi) is 5.02. The van der Waals surface area contributed by atoms with Crippen molar-refractivity contribution in [3.8, 4) is 0 Å². The molecule has 1 aliphatic heterocycles. The van der Waals surface area contributed by atoms with Crippen LogP contribution in [0.15, 0.2) is 30.3 Å². The van der Waals surface area contributed by atoms with Crippen molar-refractivity contribution in [3.05, 3.63) is 35.9 Å². The van der Waals surface area contributed by atoms with Crippen LogP contribution in [-0.4, -0.2) is 45.1 Å². The highest BCUT2D eigenvalue weighted by atomic mass is 32.2. The number of hydrogen-bond acceptors (Lipinski definition) is 6. The van der Waals surface area contributed by atoms with Crippen LogP contribution >= 0.6 is 0 Å². The third-order valence-corrected chi connectivity index (χ3v) is 3.76. The standard InChI is InChI=1S/C14H16F2O6S/c1-3-10-11(21-12(17)9-7-5-4-6-8-9)14(15,16)13(20-10)22-23(2,18)19/h4-8,10-11,13H,3H2,1-2H3/t10-,11?,13?/m1/s1. The van der Waals surface area contributed by atoms with Gasteiger partial charge in [0.1, 0.15) is 6.10 Å². The second-order valence-electron chi connectivity index (χ2n) is 5.08. The molecule has 0 aromatic heterocycles. The molecular formula is C14H16F2O6S. The average molecular weight is 350 g/mol. The number of hydrogen-bond donors (Lipinski definition) is 0. The molecule has 0 spiro atoms. The van der Waals surface area contributed by atoms with Gasteiger partial charge in [-0.1, -0.05) is 25.1 Å². The van der Waals surface area contributed by atoms with E-state index in [9.17, 15) is 22.0 Å². The Morgan fingerprint density at radius 2 is 1.91 bits per heavy atom. The van der Waals surface area contributed by atoms with E-state index in [0.717, 1.165) is 0 Å². The highest BCUT2D eigenvalue weighted by Gasteiger charge is 2.62. The smallest absolute Gasteiger partial charge is 0.338 e. The number of carbonyl (C=O) groups is 1. The number of carbonyl (C=O) groups excluding carboxylic acids is 1. The summed E-state index contributed by atoms with van der Waals surface area (Å²) in [5.41, 5.74) is 0.102. The predicted octanol–water partition coefficient (Wildman–Crippen LogP) is 1.96. The lowest BCUT2D eigenvalue weighted by molar-refractivity contribution is -0.182. The molecule has 0 radical (unpaired) electrons. The molecule has 128 valence electrons. The number of ether oxygens (including phenoxy) is 2. The number of benzene rings is 1. The number of alkyl halides is 2. The molecule has 1 aromatic carbocycles. The highest BCUT2D eigenvalue weighted by Crippen LogP contribution is 2.40. The molecule has 9 heteroatoms. The van der Waals surface area contributed by atoms with Gasteiger partial charge in [-0.2, -0.15) is 17.2 Å². The van der Waals surface area contributed by atoms with E-state index in [2.05, 4.69) is 4.18 Å². The first-order valence-electron chi connectivity index (χ1n) is 6.82. The molecule has 2 rings (SSSR count). The summed E-state index contributed by atoms with van der Waals surface area (Å²) < 4.78 is 64.9. The Balaban J connectivity index is 2.20. The molecule has 0 N–H and O–H groups in total. The van der Waals surface area contributed by atoms with E-state index in [4.69, 9.17) is 9.47 Å². The van der Waals surface area contributed by atoms with Gasteiger partial charge in [-0.3, -0.25) is 0 Å². The van der Waals surface area contributed by atoms with Crippen LogP contribution in [0.4, 0.5) is 8.78 Å². The molecule has 1 aliphatic rings. The second kappa shape index (κ2) is 6.50. The molecular weight excluding hydrogens is 334 g/mol. The van der Waals surface area contributed by atoms with Crippen LogP contribution < -0.4 is 0 Å². The van der Waals surface area contributed by atoms with Crippen molar-refractivity contribution < 1.29 is 35.6 Å². The maximum atomic E-state index is 14.3. The van der Waals surface area contributed by atoms with Crippen LogP contribution in [0.25, 0.3) is 0 Å². The monoisotopic (exact) mass is 350 g/mol. The number of rotatable bonds is 5. The molecule has 2 unspecified atom stereocenters. The molecule has 0 amide bonds. The quantitative estimate of drug-likeness (QED) is 0.597. The third-order valence-electron chi connectivity index (χ3n) is 3.24. The average Bonchev–Trinajstić information content (AvgIpc) is 2.70. The van der Waals surface area contributed by atoms with Crippen LogP contribution in [0.3, 0.4) is 0 Å². The molecule has 1 saturated heterocycles. The van der Waals surface area contributed by atoms with Crippen molar-refractivity contribution in [2.24, 2.45) is 0 Å². The summed E-state index contributed by atoms with van der Waals surface area (Å²) in [6, 6.07) is 7.62. The Hall–Kier alpha value is -1.58. The minimum absolute atomic E-state index is 0.0892. The summed E-state index contributed by atoms with van der Waals surface area (Å²) in [4.78, 5) is 12.0. The van der Waals surface area contributed by atoms with Crippen molar-refractivity contribution in [2.75, 3.05) is 6.26 Å². The summed E-state index contributed by atoms with van der Waals surface area (Å²) in [6.45, 7) is 1.55. The third kappa shape index (κ3) is 4.04. The Morgan fingerprint density at radius 1 is 1.30 bits per heavy atom. The summed E-state index contributed by atoms with van der Waals surface area (Å²) >= 11 is 0. The predicted molar refractivity (Wildman–Crippen MR) is 75.5 cm³/mol. The van der Waals surface area contributed by atoms with Gasteiger partial charge in [0.2, 0.25) is 6.29 Å². The summed E-state index contributed by atoms with van der Waals surface area (Å²) in [7, 11) is -4.16. The fraction of sp³-hybridized carbons (Fsp3) is 0.500. The summed E-state index contributed by atoms with van der Waals surface area (Å²) in [5.74, 6) is -4.74. The van der Waals surface area contributed by atoms with Gasteiger partial charge in [-0.25, -0.2) is 8.98 Å². The normalized spacial score (nSPS) is 26.9. The first-order valence-corrected chi connectivity index (χ1v) is 8.64. The van der Waals surface area contributed by atoms with Gasteiger partial charge >= 0.3 is 11.9 Å². The van der Waals surface area contributed by atoms with Crippen molar-refractivity contribution in [1.82, 2.24) is 0 Å². The lowest BCUT2D eigenvalue weighted by Crippen LogP contribution is -2.44. The van der Waals surface area contributed by atoms with E-state index in [0.29, 0.717) is 6.26 Å². The Labute approximate surface area is 132 Å². The molecule has 6 nitrogen and oxygen atoms in total. The van der Waals surface area contributed by atoms with Gasteiger partial charge in [-0.05, 0) is 18.6 Å². The maximum Gasteiger partial charge on any atom is 0.338 e.